The second-order valence-electron chi connectivity index (χ2n) is 33.9. The van der Waals surface area contributed by atoms with Crippen LogP contribution in [0, 0.1) is 23.7 Å². The number of nitrogens with one attached hydrogen (secondary N) is 4. The third-order valence-corrected chi connectivity index (χ3v) is 26.5. The van der Waals surface area contributed by atoms with Crippen molar-refractivity contribution in [3.63, 3.8) is 0 Å². The van der Waals surface area contributed by atoms with Gasteiger partial charge in [0, 0.05) is 56.0 Å². The maximum atomic E-state index is 14.2. The van der Waals surface area contributed by atoms with Crippen LogP contribution in [0.15, 0.2) is 0 Å². The van der Waals surface area contributed by atoms with Gasteiger partial charge in [0.25, 0.3) is 0 Å². The van der Waals surface area contributed by atoms with E-state index in [1.54, 1.807) is 0 Å². The number of aliphatic hydroxyl groups excluding tert-OH is 9. The molecule has 17 N–H and O–H groups in total. The van der Waals surface area contributed by atoms with Crippen LogP contribution in [0.25, 0.3) is 0 Å². The predicted octanol–water partition coefficient (Wildman–Crippen LogP) is -5.00. The van der Waals surface area contributed by atoms with Crippen LogP contribution in [0.2, 0.25) is 0 Å². The Labute approximate surface area is 727 Å². The van der Waals surface area contributed by atoms with Gasteiger partial charge in [-0.2, -0.15) is 33.7 Å². The summed E-state index contributed by atoms with van der Waals surface area (Å²) in [7, 11) is -21.1. The van der Waals surface area contributed by atoms with Gasteiger partial charge in [0.05, 0.1) is 77.3 Å². The third kappa shape index (κ3) is 28.3. The van der Waals surface area contributed by atoms with Crippen molar-refractivity contribution >= 4 is 65.2 Å². The molecule has 12 fully saturated rings. The average Bonchev–Trinajstić information content (AvgIpc) is 0.839. The van der Waals surface area contributed by atoms with Gasteiger partial charge in [-0.1, -0.05) is 71.1 Å². The van der Waals surface area contributed by atoms with Crippen molar-refractivity contribution in [1.82, 2.24) is 21.3 Å². The molecule has 8 saturated heterocycles. The van der Waals surface area contributed by atoms with Gasteiger partial charge in [0.15, 0.2) is 50.3 Å². The molecule has 0 bridgehead atoms. The predicted molar refractivity (Wildman–Crippen MR) is 411 cm³/mol. The molecule has 12 rings (SSSR count). The molecule has 53 heteroatoms. The molecule has 12 aliphatic rings. The standard InChI is InChI=1S/C73H120N4O45S4/c1-2-3-12-21-103-70-54(74-66(87)34-13-4-5-14-34)58(83)62(46(115-70)30-108-123(91,92)93)120-51-23-39(79)43(27-105-51)113-72-56(76-68(89)36-17-8-9-18-36)60(85)64(48(117-72)32-110-125(97,98)99)122-53-25-41(81)45(29-107-53)114-73-57(77-69(90)37-19-10-11-20-37)61(86)65(49(118-73)33-111-126(100,101)102)121-52-24-40(80)44(28-106-52)112-71-55(75-67(88)35-15-6-7-16-35)59(84)63(47(116-71)31-109-124(94,95)96)119-50-22-38(78)42(82)26-104-50/h34-65,70-73,78-86H,2-33H2,1H3,(H,74,87)(H,75,88)(H,76,89)(H,77,90)(H,91,92,93)(H,94,95,96)(H,97,98,99)(H,100,101,102)/t38-,39-,40-,41-,42+,43-,44-,45-,46?,47?,48?,49?,50-,51-,52-,53-,54?,55?,56?,57?,58+,59+,60+,61+,62+,63+,64+,65+,70+,71+,72+,73+/m0/s1. The number of aliphatic hydroxyl groups is 9. The number of hydrogen-bond acceptors (Lipinski definition) is 41. The molecule has 4 saturated carbocycles. The maximum Gasteiger partial charge on any atom is 0.397 e. The van der Waals surface area contributed by atoms with Crippen LogP contribution in [0.1, 0.15) is 155 Å². The molecule has 0 aromatic rings. The van der Waals surface area contributed by atoms with Gasteiger partial charge in [-0.05, 0) is 57.8 Å². The Bertz CT molecular complexity index is 3970. The Morgan fingerprint density at radius 2 is 0.571 bits per heavy atom. The molecule has 0 aromatic heterocycles. The second-order valence-corrected chi connectivity index (χ2v) is 38.2. The van der Waals surface area contributed by atoms with Gasteiger partial charge in [-0.25, -0.2) is 16.7 Å². The van der Waals surface area contributed by atoms with E-state index in [-0.39, 0.29) is 13.0 Å². The monoisotopic (exact) mass is 1900 g/mol. The Hall–Kier alpha value is -3.64. The fraction of sp³-hybridized carbons (Fsp3) is 0.945. The molecule has 49 nitrogen and oxygen atoms in total. The van der Waals surface area contributed by atoms with Crippen molar-refractivity contribution < 1.29 is 210 Å². The number of ether oxygens (including phenoxy) is 16. The highest BCUT2D eigenvalue weighted by Gasteiger charge is 2.58. The van der Waals surface area contributed by atoms with Crippen LogP contribution < -0.4 is 21.3 Å². The summed E-state index contributed by atoms with van der Waals surface area (Å²) >= 11 is 0. The molecule has 726 valence electrons. The molecule has 0 radical (unpaired) electrons. The maximum absolute atomic E-state index is 14.2. The van der Waals surface area contributed by atoms with E-state index < -0.39 is 358 Å². The van der Waals surface area contributed by atoms with Crippen molar-refractivity contribution in [3.8, 4) is 0 Å². The second kappa shape index (κ2) is 45.6. The van der Waals surface area contributed by atoms with Gasteiger partial charge in [0.1, 0.15) is 122 Å². The SMILES string of the molecule is CCCCCO[C@@H]1OC(COS(=O)(=O)O)[C@@H](O[C@H]2C[C@H](O)[C@@H](O[C@@H]3OC(COS(=O)(=O)O)[C@@H](O[C@H]4C[C@H](O)[C@@H](O[C@@H]5OC(COS(=O)(=O)O)[C@@H](O[C@H]6C[C@H](O)[C@@H](O[C@@H]7OC(COS(=O)(=O)O)[C@@H](O[C@H]8C[C@H](O)[C@H](O)CO8)[C@H](O)C7NC(=O)C7CCCC7)CO6)[C@H](O)C5NC(=O)C5CCCC5)CO4)[C@H](O)C3NC(=O)C3CCCC3)CO2)[C@H](O)C1NC(=O)C1CCCC1. The summed E-state index contributed by atoms with van der Waals surface area (Å²) in [5.41, 5.74) is 0. The smallest absolute Gasteiger partial charge is 0.390 e. The molecular formula is C73H120N4O45S4. The van der Waals surface area contributed by atoms with Crippen molar-refractivity contribution in [2.75, 3.05) is 59.5 Å². The summed E-state index contributed by atoms with van der Waals surface area (Å²) in [6.45, 7) is -4.74. The molecular weight excluding hydrogens is 1780 g/mol. The van der Waals surface area contributed by atoms with Crippen molar-refractivity contribution in [3.05, 3.63) is 0 Å². The van der Waals surface area contributed by atoms with Gasteiger partial charge in [0.2, 0.25) is 23.6 Å². The third-order valence-electron chi connectivity index (χ3n) is 24.8. The Morgan fingerprint density at radius 3 is 0.817 bits per heavy atom. The highest BCUT2D eigenvalue weighted by molar-refractivity contribution is 7.81. The van der Waals surface area contributed by atoms with E-state index in [4.69, 9.17) is 88.3 Å². The summed E-state index contributed by atoms with van der Waals surface area (Å²) in [5.74, 6) is -4.39. The zero-order chi connectivity index (χ0) is 90.7. The lowest BCUT2D eigenvalue weighted by atomic mass is 9.94. The number of rotatable bonds is 39. The van der Waals surface area contributed by atoms with Gasteiger partial charge < -0.3 is 143 Å². The average molecular weight is 1900 g/mol. The minimum absolute atomic E-state index is 0.0907. The summed E-state index contributed by atoms with van der Waals surface area (Å²) in [6.07, 6.45) is -38.1. The normalized spacial score (nSPS) is 40.0. The number of carbonyl (C=O) groups is 4. The van der Waals surface area contributed by atoms with E-state index >= 15 is 0 Å². The summed E-state index contributed by atoms with van der Waals surface area (Å²) in [6, 6.07) is -6.37. The molecule has 126 heavy (non-hydrogen) atoms. The summed E-state index contributed by atoms with van der Waals surface area (Å²) in [4.78, 5) is 55.7. The summed E-state index contributed by atoms with van der Waals surface area (Å²) < 4.78 is 253. The Morgan fingerprint density at radius 1 is 0.325 bits per heavy atom. The van der Waals surface area contributed by atoms with Crippen LogP contribution >= 0.6 is 0 Å². The van der Waals surface area contributed by atoms with Crippen molar-refractivity contribution in [2.24, 2.45) is 23.7 Å². The van der Waals surface area contributed by atoms with E-state index in [0.717, 1.165) is 25.7 Å². The van der Waals surface area contributed by atoms with Crippen LogP contribution in [-0.4, -0.2) is 377 Å². The lowest BCUT2D eigenvalue weighted by Crippen LogP contribution is -2.68. The fourth-order valence-electron chi connectivity index (χ4n) is 18.0. The molecule has 8 aliphatic heterocycles. The molecule has 4 aliphatic carbocycles. The quantitative estimate of drug-likeness (QED) is 0.0202. The van der Waals surface area contributed by atoms with Crippen molar-refractivity contribution in [1.29, 1.82) is 0 Å². The van der Waals surface area contributed by atoms with Gasteiger partial charge in [-0.15, -0.1) is 0 Å². The largest absolute Gasteiger partial charge is 0.397 e. The first-order valence-corrected chi connectivity index (χ1v) is 48.3. The fourth-order valence-corrected chi connectivity index (χ4v) is 19.2. The number of hydrogen-bond donors (Lipinski definition) is 17. The van der Waals surface area contributed by atoms with Crippen LogP contribution in [0.3, 0.4) is 0 Å². The highest BCUT2D eigenvalue weighted by Crippen LogP contribution is 2.40. The Kier molecular flexibility index (Phi) is 36.7. The summed E-state index contributed by atoms with van der Waals surface area (Å²) in [5, 5.41) is 117. The topological polar surface area (TPSA) is 701 Å². The van der Waals surface area contributed by atoms with E-state index in [1.807, 2.05) is 6.92 Å². The van der Waals surface area contributed by atoms with Gasteiger partial charge >= 0.3 is 41.6 Å². The van der Waals surface area contributed by atoms with E-state index in [2.05, 4.69) is 25.5 Å². The zero-order valence-corrected chi connectivity index (χ0v) is 72.2. The van der Waals surface area contributed by atoms with E-state index in [1.165, 1.54) is 0 Å². The van der Waals surface area contributed by atoms with Crippen LogP contribution in [0.4, 0.5) is 0 Å². The number of unbranched alkanes of at least 4 members (excludes halogenated alkanes) is 2. The minimum atomic E-state index is -5.36. The zero-order valence-electron chi connectivity index (χ0n) is 68.9. The molecule has 32 atom stereocenters. The highest BCUT2D eigenvalue weighted by atomic mass is 32.3. The molecule has 8 heterocycles. The van der Waals surface area contributed by atoms with Crippen LogP contribution in [-0.2, 0) is 153 Å². The molecule has 8 unspecified atom stereocenters. The number of amides is 4. The number of carbonyl (C=O) groups excluding carboxylic acids is 4. The van der Waals surface area contributed by atoms with E-state index in [9.17, 15) is 117 Å². The van der Waals surface area contributed by atoms with Crippen LogP contribution in [0.5, 0.6) is 0 Å². The van der Waals surface area contributed by atoms with Crippen molar-refractivity contribution in [2.45, 2.75) is 351 Å². The first-order chi connectivity index (χ1) is 59.7. The molecule has 0 spiro atoms. The minimum Gasteiger partial charge on any atom is -0.390 e. The Balaban J connectivity index is 0.722. The lowest BCUT2D eigenvalue weighted by molar-refractivity contribution is -0.352. The molecule has 4 amide bonds. The lowest BCUT2D eigenvalue weighted by Gasteiger charge is -2.49. The molecule has 0 aromatic carbocycles. The van der Waals surface area contributed by atoms with E-state index in [0.29, 0.717) is 96.3 Å². The first-order valence-electron chi connectivity index (χ1n) is 42.8. The van der Waals surface area contributed by atoms with Gasteiger partial charge in [-0.3, -0.25) is 37.4 Å². The first kappa shape index (κ1) is 101.